The molecule has 2 rings (SSSR count). The molecule has 0 spiro atoms. The van der Waals surface area contributed by atoms with Gasteiger partial charge in [0.25, 0.3) is 5.56 Å². The van der Waals surface area contributed by atoms with Gasteiger partial charge in [-0.15, -0.1) is 0 Å². The highest BCUT2D eigenvalue weighted by Crippen LogP contribution is 2.23. The number of aromatic nitrogens is 1. The maximum atomic E-state index is 12.6. The van der Waals surface area contributed by atoms with Gasteiger partial charge in [-0.2, -0.15) is 5.26 Å². The molecule has 2 aromatic rings. The van der Waals surface area contributed by atoms with Crippen molar-refractivity contribution in [2.24, 2.45) is 0 Å². The Balaban J connectivity index is 2.36. The standard InChI is InChI=1S/C17H15Br2N3O3/c1-10-16(19)14(9-25-2)13(7-20)17(24)22(10)8-15(23)21-12-5-3-4-11(18)6-12/h3-6H,8-9H2,1-2H3,(H,21,23). The minimum absolute atomic E-state index is 0.0328. The van der Waals surface area contributed by atoms with Crippen LogP contribution in [0.25, 0.3) is 0 Å². The minimum Gasteiger partial charge on any atom is -0.380 e. The largest absolute Gasteiger partial charge is 0.380 e. The molecule has 0 aliphatic carbocycles. The molecule has 0 radical (unpaired) electrons. The van der Waals surface area contributed by atoms with Gasteiger partial charge in [-0.25, -0.2) is 0 Å². The molecule has 8 heteroatoms. The highest BCUT2D eigenvalue weighted by Gasteiger charge is 2.19. The van der Waals surface area contributed by atoms with Gasteiger partial charge in [0.15, 0.2) is 0 Å². The number of benzene rings is 1. The van der Waals surface area contributed by atoms with Crippen LogP contribution < -0.4 is 10.9 Å². The number of methoxy groups -OCH3 is 1. The first-order chi connectivity index (χ1) is 11.9. The van der Waals surface area contributed by atoms with E-state index in [0.29, 0.717) is 21.4 Å². The van der Waals surface area contributed by atoms with Gasteiger partial charge >= 0.3 is 0 Å². The van der Waals surface area contributed by atoms with Crippen molar-refractivity contribution in [3.05, 3.63) is 60.4 Å². The third-order valence-electron chi connectivity index (χ3n) is 3.56. The van der Waals surface area contributed by atoms with Crippen LogP contribution in [0.2, 0.25) is 0 Å². The van der Waals surface area contributed by atoms with Gasteiger partial charge in [0, 0.05) is 33.0 Å². The van der Waals surface area contributed by atoms with E-state index in [1.165, 1.54) is 11.7 Å². The predicted molar refractivity (Wildman–Crippen MR) is 101 cm³/mol. The number of carbonyl (C=O) groups excluding carboxylic acids is 1. The third kappa shape index (κ3) is 4.37. The fraction of sp³-hybridized carbons (Fsp3) is 0.235. The monoisotopic (exact) mass is 467 g/mol. The van der Waals surface area contributed by atoms with Gasteiger partial charge in [0.2, 0.25) is 5.91 Å². The summed E-state index contributed by atoms with van der Waals surface area (Å²) in [5.41, 5.74) is 1.10. The fourth-order valence-corrected chi connectivity index (χ4v) is 3.28. The SMILES string of the molecule is COCc1c(Br)c(C)n(CC(=O)Nc2cccc(Br)c2)c(=O)c1C#N. The lowest BCUT2D eigenvalue weighted by Gasteiger charge is -2.16. The van der Waals surface area contributed by atoms with Crippen LogP contribution in [0.1, 0.15) is 16.8 Å². The van der Waals surface area contributed by atoms with Crippen molar-refractivity contribution in [3.63, 3.8) is 0 Å². The highest BCUT2D eigenvalue weighted by atomic mass is 79.9. The summed E-state index contributed by atoms with van der Waals surface area (Å²) in [6, 6.07) is 9.04. The van der Waals surface area contributed by atoms with Gasteiger partial charge < -0.3 is 14.6 Å². The Kier molecular flexibility index (Phi) is 6.53. The molecule has 0 fully saturated rings. The van der Waals surface area contributed by atoms with E-state index in [9.17, 15) is 14.9 Å². The number of hydrogen-bond donors (Lipinski definition) is 1. The summed E-state index contributed by atoms with van der Waals surface area (Å²) in [5.74, 6) is -0.362. The van der Waals surface area contributed by atoms with Crippen molar-refractivity contribution in [1.29, 1.82) is 5.26 Å². The second-order valence-electron chi connectivity index (χ2n) is 5.25. The Morgan fingerprint density at radius 1 is 1.40 bits per heavy atom. The fourth-order valence-electron chi connectivity index (χ4n) is 2.36. The zero-order valence-corrected chi connectivity index (χ0v) is 16.8. The molecular weight excluding hydrogens is 454 g/mol. The summed E-state index contributed by atoms with van der Waals surface area (Å²) < 4.78 is 7.75. The molecule has 0 unspecified atom stereocenters. The maximum absolute atomic E-state index is 12.6. The smallest absolute Gasteiger partial charge is 0.269 e. The van der Waals surface area contributed by atoms with Crippen LogP contribution in [0.15, 0.2) is 38.0 Å². The molecule has 0 bridgehead atoms. The number of nitriles is 1. The number of carbonyl (C=O) groups is 1. The van der Waals surface area contributed by atoms with Crippen LogP contribution in [0.5, 0.6) is 0 Å². The number of ether oxygens (including phenoxy) is 1. The first kappa shape index (κ1) is 19.4. The summed E-state index contributed by atoms with van der Waals surface area (Å²) in [6.07, 6.45) is 0. The van der Waals surface area contributed by atoms with Crippen LogP contribution in [0, 0.1) is 18.3 Å². The van der Waals surface area contributed by atoms with E-state index in [-0.39, 0.29) is 24.6 Å². The van der Waals surface area contributed by atoms with E-state index in [1.54, 1.807) is 25.1 Å². The van der Waals surface area contributed by atoms with E-state index in [0.717, 1.165) is 4.47 Å². The van der Waals surface area contributed by atoms with E-state index in [1.807, 2.05) is 12.1 Å². The zero-order valence-electron chi connectivity index (χ0n) is 13.6. The average molecular weight is 469 g/mol. The van der Waals surface area contributed by atoms with Crippen molar-refractivity contribution < 1.29 is 9.53 Å². The molecule has 0 aliphatic heterocycles. The summed E-state index contributed by atoms with van der Waals surface area (Å²) in [6.45, 7) is 1.64. The lowest BCUT2D eigenvalue weighted by atomic mass is 10.1. The maximum Gasteiger partial charge on any atom is 0.269 e. The van der Waals surface area contributed by atoms with E-state index < -0.39 is 5.56 Å². The summed E-state index contributed by atoms with van der Waals surface area (Å²) >= 11 is 6.73. The van der Waals surface area contributed by atoms with Crippen molar-refractivity contribution in [2.45, 2.75) is 20.1 Å². The Labute approximate surface area is 161 Å². The molecule has 1 N–H and O–H groups in total. The van der Waals surface area contributed by atoms with Crippen molar-refractivity contribution in [3.8, 4) is 6.07 Å². The van der Waals surface area contributed by atoms with Gasteiger partial charge in [-0.1, -0.05) is 22.0 Å². The Hall–Kier alpha value is -1.95. The normalized spacial score (nSPS) is 10.4. The summed E-state index contributed by atoms with van der Waals surface area (Å²) in [7, 11) is 1.49. The topological polar surface area (TPSA) is 84.1 Å². The van der Waals surface area contributed by atoms with Crippen LogP contribution >= 0.6 is 31.9 Å². The third-order valence-corrected chi connectivity index (χ3v) is 5.10. The second kappa shape index (κ2) is 8.43. The van der Waals surface area contributed by atoms with Crippen molar-refractivity contribution in [2.75, 3.05) is 12.4 Å². The Morgan fingerprint density at radius 2 is 2.12 bits per heavy atom. The van der Waals surface area contributed by atoms with Crippen LogP contribution in [-0.4, -0.2) is 17.6 Å². The second-order valence-corrected chi connectivity index (χ2v) is 6.96. The molecule has 0 saturated carbocycles. The van der Waals surface area contributed by atoms with Gasteiger partial charge in [0.1, 0.15) is 18.2 Å². The first-order valence-corrected chi connectivity index (χ1v) is 8.83. The van der Waals surface area contributed by atoms with Gasteiger partial charge in [0.05, 0.1) is 6.61 Å². The van der Waals surface area contributed by atoms with E-state index >= 15 is 0 Å². The molecule has 0 saturated heterocycles. The van der Waals surface area contributed by atoms with Crippen LogP contribution in [0.3, 0.4) is 0 Å². The number of amides is 1. The predicted octanol–water partition coefficient (Wildman–Crippen LogP) is 3.34. The molecule has 1 amide bonds. The minimum atomic E-state index is -0.514. The van der Waals surface area contributed by atoms with Crippen molar-refractivity contribution >= 4 is 43.5 Å². The molecule has 1 aromatic heterocycles. The lowest BCUT2D eigenvalue weighted by Crippen LogP contribution is -2.32. The van der Waals surface area contributed by atoms with E-state index in [2.05, 4.69) is 37.2 Å². The lowest BCUT2D eigenvalue weighted by molar-refractivity contribution is -0.116. The number of halogens is 2. The Bertz CT molecular complexity index is 917. The first-order valence-electron chi connectivity index (χ1n) is 7.25. The number of nitrogens with one attached hydrogen (secondary N) is 1. The molecule has 25 heavy (non-hydrogen) atoms. The number of hydrogen-bond acceptors (Lipinski definition) is 4. The van der Waals surface area contributed by atoms with Crippen LogP contribution in [-0.2, 0) is 22.7 Å². The number of anilines is 1. The number of pyridine rings is 1. The molecule has 1 aromatic carbocycles. The van der Waals surface area contributed by atoms with Crippen molar-refractivity contribution in [1.82, 2.24) is 4.57 Å². The highest BCUT2D eigenvalue weighted by molar-refractivity contribution is 9.10. The Morgan fingerprint density at radius 3 is 2.72 bits per heavy atom. The number of rotatable bonds is 5. The number of nitrogens with zero attached hydrogens (tertiary/aromatic N) is 2. The molecule has 130 valence electrons. The summed E-state index contributed by atoms with van der Waals surface area (Å²) in [5, 5.41) is 12.1. The molecule has 0 atom stereocenters. The summed E-state index contributed by atoms with van der Waals surface area (Å²) in [4.78, 5) is 24.9. The molecule has 6 nitrogen and oxygen atoms in total. The molecule has 1 heterocycles. The van der Waals surface area contributed by atoms with Gasteiger partial charge in [-0.3, -0.25) is 9.59 Å². The zero-order chi connectivity index (χ0) is 18.6. The van der Waals surface area contributed by atoms with E-state index in [4.69, 9.17) is 4.74 Å². The molecular formula is C17H15Br2N3O3. The van der Waals surface area contributed by atoms with Gasteiger partial charge in [-0.05, 0) is 41.1 Å². The average Bonchev–Trinajstić information content (AvgIpc) is 2.57. The molecule has 0 aliphatic rings. The quantitative estimate of drug-likeness (QED) is 0.729. The van der Waals surface area contributed by atoms with Crippen LogP contribution in [0.4, 0.5) is 5.69 Å².